The first-order chi connectivity index (χ1) is 7.88. The fourth-order valence-corrected chi connectivity index (χ4v) is 2.52. The lowest BCUT2D eigenvalue weighted by molar-refractivity contribution is -0.136. The molecule has 1 aliphatic carbocycles. The summed E-state index contributed by atoms with van der Waals surface area (Å²) in [6, 6.07) is 0.585. The number of aliphatic carboxylic acids is 1. The Bertz CT molecular complexity index is 365. The third-order valence-corrected chi connectivity index (χ3v) is 4.72. The summed E-state index contributed by atoms with van der Waals surface area (Å²) < 4.78 is 25.4. The van der Waals surface area contributed by atoms with E-state index in [1.165, 1.54) is 19.8 Å². The van der Waals surface area contributed by atoms with E-state index in [-0.39, 0.29) is 6.54 Å². The van der Waals surface area contributed by atoms with E-state index in [0.717, 1.165) is 6.54 Å². The van der Waals surface area contributed by atoms with Crippen molar-refractivity contribution in [3.63, 3.8) is 0 Å². The number of nitrogens with one attached hydrogen (secondary N) is 1. The summed E-state index contributed by atoms with van der Waals surface area (Å²) in [5.41, 5.74) is 0. The van der Waals surface area contributed by atoms with Crippen molar-refractivity contribution in [2.45, 2.75) is 38.0 Å². The predicted octanol–water partition coefficient (Wildman–Crippen LogP) is -0.137. The second-order valence-corrected chi connectivity index (χ2v) is 6.37. The number of nitrogens with zero attached hydrogens (tertiary/aromatic N) is 1. The topological polar surface area (TPSA) is 86.7 Å². The van der Waals surface area contributed by atoms with Crippen LogP contribution in [0.5, 0.6) is 0 Å². The molecule has 100 valence electrons. The van der Waals surface area contributed by atoms with Gasteiger partial charge in [0.15, 0.2) is 5.25 Å². The number of carboxylic acid groups (broad SMARTS) is 1. The number of hydrogen-bond acceptors (Lipinski definition) is 4. The second kappa shape index (κ2) is 5.79. The molecule has 0 spiro atoms. The molecule has 0 heterocycles. The van der Waals surface area contributed by atoms with E-state index in [2.05, 4.69) is 9.62 Å². The van der Waals surface area contributed by atoms with Gasteiger partial charge in [0.1, 0.15) is 0 Å². The van der Waals surface area contributed by atoms with E-state index in [4.69, 9.17) is 5.11 Å². The van der Waals surface area contributed by atoms with Crippen molar-refractivity contribution < 1.29 is 18.3 Å². The van der Waals surface area contributed by atoms with Gasteiger partial charge in [0.25, 0.3) is 0 Å². The van der Waals surface area contributed by atoms with Gasteiger partial charge in [-0.3, -0.25) is 9.69 Å². The lowest BCUT2D eigenvalue weighted by Gasteiger charge is -2.20. The van der Waals surface area contributed by atoms with Crippen LogP contribution in [-0.2, 0) is 14.8 Å². The Labute approximate surface area is 102 Å². The summed E-state index contributed by atoms with van der Waals surface area (Å²) in [6.07, 6.45) is 2.35. The van der Waals surface area contributed by atoms with Crippen LogP contribution in [0.15, 0.2) is 0 Å². The maximum absolute atomic E-state index is 11.5. The first kappa shape index (κ1) is 14.4. The number of carbonyl (C=O) groups is 1. The molecule has 0 amide bonds. The summed E-state index contributed by atoms with van der Waals surface area (Å²) in [5.74, 6) is -1.33. The van der Waals surface area contributed by atoms with Crippen LogP contribution in [0.25, 0.3) is 0 Å². The van der Waals surface area contributed by atoms with Crippen LogP contribution in [0.3, 0.4) is 0 Å². The largest absolute Gasteiger partial charge is 0.480 e. The summed E-state index contributed by atoms with van der Waals surface area (Å²) in [7, 11) is -3.74. The smallest absolute Gasteiger partial charge is 0.323 e. The molecule has 6 nitrogen and oxygen atoms in total. The van der Waals surface area contributed by atoms with E-state index in [9.17, 15) is 13.2 Å². The van der Waals surface area contributed by atoms with Gasteiger partial charge in [-0.2, -0.15) is 0 Å². The van der Waals surface area contributed by atoms with E-state index in [1.54, 1.807) is 0 Å². The van der Waals surface area contributed by atoms with E-state index in [0.29, 0.717) is 12.6 Å². The lowest BCUT2D eigenvalue weighted by atomic mass is 10.4. The van der Waals surface area contributed by atoms with Gasteiger partial charge in [-0.15, -0.1) is 0 Å². The molecule has 0 bridgehead atoms. The van der Waals surface area contributed by atoms with Gasteiger partial charge in [-0.25, -0.2) is 13.1 Å². The molecular weight excluding hydrogens is 244 g/mol. The number of sulfonamides is 1. The molecule has 1 fully saturated rings. The van der Waals surface area contributed by atoms with Gasteiger partial charge >= 0.3 is 5.97 Å². The molecular formula is C10H20N2O4S. The molecule has 0 aliphatic heterocycles. The average molecular weight is 264 g/mol. The Morgan fingerprint density at radius 1 is 1.53 bits per heavy atom. The molecule has 1 unspecified atom stereocenters. The van der Waals surface area contributed by atoms with Crippen LogP contribution in [0, 0.1) is 0 Å². The van der Waals surface area contributed by atoms with Crippen molar-refractivity contribution in [1.82, 2.24) is 9.62 Å². The molecule has 0 aromatic rings. The van der Waals surface area contributed by atoms with Crippen LogP contribution in [0.4, 0.5) is 0 Å². The average Bonchev–Trinajstić information content (AvgIpc) is 3.07. The minimum absolute atomic E-state index is 0.268. The lowest BCUT2D eigenvalue weighted by Crippen LogP contribution is -2.41. The van der Waals surface area contributed by atoms with Crippen molar-refractivity contribution in [3.05, 3.63) is 0 Å². The minimum Gasteiger partial charge on any atom is -0.480 e. The molecule has 7 heteroatoms. The Balaban J connectivity index is 2.36. The number of hydrogen-bond donors (Lipinski definition) is 2. The zero-order valence-corrected chi connectivity index (χ0v) is 11.0. The highest BCUT2D eigenvalue weighted by molar-refractivity contribution is 7.90. The summed E-state index contributed by atoms with van der Waals surface area (Å²) in [4.78, 5) is 12.8. The van der Waals surface area contributed by atoms with Crippen LogP contribution < -0.4 is 4.72 Å². The third-order valence-electron chi connectivity index (χ3n) is 2.98. The minimum atomic E-state index is -3.74. The molecule has 0 radical (unpaired) electrons. The zero-order chi connectivity index (χ0) is 13.1. The first-order valence-corrected chi connectivity index (χ1v) is 7.38. The Morgan fingerprint density at radius 2 is 2.12 bits per heavy atom. The molecule has 1 rings (SSSR count). The van der Waals surface area contributed by atoms with Gasteiger partial charge < -0.3 is 5.11 Å². The van der Waals surface area contributed by atoms with Crippen LogP contribution in [-0.4, -0.2) is 55.3 Å². The fraction of sp³-hybridized carbons (Fsp3) is 0.900. The summed E-state index contributed by atoms with van der Waals surface area (Å²) >= 11 is 0. The summed E-state index contributed by atoms with van der Waals surface area (Å²) in [5, 5.41) is 7.24. The molecule has 1 aliphatic rings. The molecule has 1 saturated carbocycles. The number of rotatable bonds is 8. The van der Waals surface area contributed by atoms with Crippen molar-refractivity contribution >= 4 is 16.0 Å². The third kappa shape index (κ3) is 4.25. The van der Waals surface area contributed by atoms with E-state index >= 15 is 0 Å². The van der Waals surface area contributed by atoms with Gasteiger partial charge in [-0.05, 0) is 26.3 Å². The highest BCUT2D eigenvalue weighted by Gasteiger charge is 2.29. The number of carboxylic acids is 1. The van der Waals surface area contributed by atoms with Crippen LogP contribution in [0.2, 0.25) is 0 Å². The molecule has 17 heavy (non-hydrogen) atoms. The molecule has 0 saturated heterocycles. The quantitative estimate of drug-likeness (QED) is 0.637. The van der Waals surface area contributed by atoms with Crippen LogP contribution >= 0.6 is 0 Å². The normalized spacial score (nSPS) is 18.3. The Morgan fingerprint density at radius 3 is 2.53 bits per heavy atom. The molecule has 0 aromatic heterocycles. The van der Waals surface area contributed by atoms with Crippen LogP contribution in [0.1, 0.15) is 26.7 Å². The van der Waals surface area contributed by atoms with Gasteiger partial charge in [0.05, 0.1) is 0 Å². The van der Waals surface area contributed by atoms with Crippen molar-refractivity contribution in [3.8, 4) is 0 Å². The Hall–Kier alpha value is -0.660. The standard InChI is InChI=1S/C10H20N2O4S/c1-3-12(9-4-5-9)7-6-11-17(15,16)8(2)10(13)14/h8-9,11H,3-7H2,1-2H3,(H,13,14). The second-order valence-electron chi connectivity index (χ2n) is 4.28. The molecule has 0 aromatic carbocycles. The fourth-order valence-electron chi connectivity index (χ4n) is 1.63. The van der Waals surface area contributed by atoms with Crippen molar-refractivity contribution in [1.29, 1.82) is 0 Å². The zero-order valence-electron chi connectivity index (χ0n) is 10.2. The highest BCUT2D eigenvalue weighted by atomic mass is 32.2. The van der Waals surface area contributed by atoms with Crippen molar-refractivity contribution in [2.24, 2.45) is 0 Å². The Kier molecular flexibility index (Phi) is 4.91. The van der Waals surface area contributed by atoms with E-state index < -0.39 is 21.2 Å². The van der Waals surface area contributed by atoms with Gasteiger partial charge in [0, 0.05) is 19.1 Å². The molecule has 1 atom stereocenters. The maximum atomic E-state index is 11.5. The van der Waals surface area contributed by atoms with E-state index in [1.807, 2.05) is 6.92 Å². The highest BCUT2D eigenvalue weighted by Crippen LogP contribution is 2.25. The van der Waals surface area contributed by atoms with Crippen molar-refractivity contribution in [2.75, 3.05) is 19.6 Å². The van der Waals surface area contributed by atoms with Gasteiger partial charge in [-0.1, -0.05) is 6.92 Å². The maximum Gasteiger partial charge on any atom is 0.323 e. The first-order valence-electron chi connectivity index (χ1n) is 5.83. The predicted molar refractivity (Wildman–Crippen MR) is 64.3 cm³/mol. The molecule has 2 N–H and O–H groups in total. The SMILES string of the molecule is CCN(CCNS(=O)(=O)C(C)C(=O)O)C1CC1. The van der Waals surface area contributed by atoms with Gasteiger partial charge in [0.2, 0.25) is 10.0 Å². The summed E-state index contributed by atoms with van der Waals surface area (Å²) in [6.45, 7) is 4.99. The monoisotopic (exact) mass is 264 g/mol. The number of likely N-dealkylation sites (N-methyl/N-ethyl adjacent to an activating group) is 1.